The molecule has 2 aliphatic rings. The molecule has 2 rings (SSSR count). The molecule has 4 heteroatoms. The van der Waals surface area contributed by atoms with Crippen molar-refractivity contribution in [3.63, 3.8) is 0 Å². The fraction of sp³-hybridized carbons (Fsp3) is 0.632. The van der Waals surface area contributed by atoms with Crippen molar-refractivity contribution in [2.24, 2.45) is 35.5 Å². The number of hydrogen-bond acceptors (Lipinski definition) is 4. The van der Waals surface area contributed by atoms with Gasteiger partial charge in [0.15, 0.2) is 0 Å². The van der Waals surface area contributed by atoms with Crippen LogP contribution >= 0.6 is 0 Å². The molecular weight excluding hydrogens is 292 g/mol. The lowest BCUT2D eigenvalue weighted by Gasteiger charge is -2.45. The first-order chi connectivity index (χ1) is 11.0. The van der Waals surface area contributed by atoms with E-state index in [2.05, 4.69) is 6.08 Å². The minimum Gasteiger partial charge on any atom is -0.466 e. The van der Waals surface area contributed by atoms with Crippen LogP contribution in [0.5, 0.6) is 0 Å². The number of allylic oxidation sites excluding steroid dienone is 3. The van der Waals surface area contributed by atoms with E-state index in [0.29, 0.717) is 6.61 Å². The monoisotopic (exact) mass is 318 g/mol. The van der Waals surface area contributed by atoms with Gasteiger partial charge in [-0.15, -0.1) is 0 Å². The Kier molecular flexibility index (Phi) is 5.55. The molecule has 23 heavy (non-hydrogen) atoms. The van der Waals surface area contributed by atoms with E-state index in [-0.39, 0.29) is 29.6 Å². The van der Waals surface area contributed by atoms with Crippen LogP contribution in [0.15, 0.2) is 23.3 Å². The van der Waals surface area contributed by atoms with Crippen LogP contribution in [0, 0.1) is 35.5 Å². The van der Waals surface area contributed by atoms with Gasteiger partial charge in [-0.05, 0) is 49.2 Å². The highest BCUT2D eigenvalue weighted by atomic mass is 16.5. The lowest BCUT2D eigenvalue weighted by Crippen LogP contribution is -2.44. The summed E-state index contributed by atoms with van der Waals surface area (Å²) in [5.41, 5.74) is 2.03. The summed E-state index contributed by atoms with van der Waals surface area (Å²) < 4.78 is 5.22. The van der Waals surface area contributed by atoms with Crippen molar-refractivity contribution in [1.29, 1.82) is 0 Å². The van der Waals surface area contributed by atoms with E-state index in [0.717, 1.165) is 30.1 Å². The number of carbonyl (C=O) groups is 3. The van der Waals surface area contributed by atoms with Crippen molar-refractivity contribution in [3.05, 3.63) is 23.3 Å². The van der Waals surface area contributed by atoms with E-state index in [1.54, 1.807) is 6.92 Å². The highest BCUT2D eigenvalue weighted by molar-refractivity contribution is 5.82. The molecule has 0 N–H and O–H groups in total. The Balaban J connectivity index is 2.50. The Morgan fingerprint density at radius 1 is 1.30 bits per heavy atom. The Labute approximate surface area is 138 Å². The van der Waals surface area contributed by atoms with Gasteiger partial charge in [0.2, 0.25) is 0 Å². The molecule has 0 aliphatic heterocycles. The average molecular weight is 318 g/mol. The summed E-state index contributed by atoms with van der Waals surface area (Å²) in [6, 6.07) is 0. The molecule has 0 aromatic heterocycles. The molecule has 0 saturated heterocycles. The third-order valence-corrected chi connectivity index (χ3v) is 5.52. The molecule has 1 fully saturated rings. The van der Waals surface area contributed by atoms with Gasteiger partial charge in [0, 0.05) is 11.8 Å². The molecule has 1 saturated carbocycles. The van der Waals surface area contributed by atoms with Gasteiger partial charge in [0.05, 0.1) is 12.5 Å². The SMILES string of the molecule is C/C=C1\C2=C[C@H](C)C(C=O)C[C@H]2[C@H](C)[C@@H](C=O)[C@@H]1C(=O)OCC. The first-order valence-electron chi connectivity index (χ1n) is 8.45. The van der Waals surface area contributed by atoms with Gasteiger partial charge in [0.25, 0.3) is 0 Å². The van der Waals surface area contributed by atoms with Crippen molar-refractivity contribution >= 4 is 18.5 Å². The summed E-state index contributed by atoms with van der Waals surface area (Å²) in [7, 11) is 0. The number of carbonyl (C=O) groups excluding carboxylic acids is 3. The quantitative estimate of drug-likeness (QED) is 0.590. The predicted octanol–water partition coefficient (Wildman–Crippen LogP) is 2.97. The minimum atomic E-state index is -0.532. The fourth-order valence-corrected chi connectivity index (χ4v) is 4.18. The molecule has 0 bridgehead atoms. The summed E-state index contributed by atoms with van der Waals surface area (Å²) in [6.07, 6.45) is 6.70. The third kappa shape index (κ3) is 3.04. The van der Waals surface area contributed by atoms with Gasteiger partial charge < -0.3 is 14.3 Å². The summed E-state index contributed by atoms with van der Waals surface area (Å²) in [4.78, 5) is 35.5. The fourth-order valence-electron chi connectivity index (χ4n) is 4.18. The Bertz CT molecular complexity index is 546. The standard InChI is InChI=1S/C19H26O4/c1-5-14-16-7-11(3)13(9-20)8-15(16)12(4)17(10-21)18(14)19(22)23-6-2/h5,7,9-13,15,17-18H,6,8H2,1-4H3/b14-5+/t11-,12-,13?,15-,17+,18+/m0/s1. The van der Waals surface area contributed by atoms with Gasteiger partial charge in [-0.2, -0.15) is 0 Å². The summed E-state index contributed by atoms with van der Waals surface area (Å²) in [6.45, 7) is 8.01. The number of esters is 1. The Hall–Kier alpha value is -1.71. The molecule has 0 heterocycles. The molecule has 1 unspecified atom stereocenters. The van der Waals surface area contributed by atoms with Crippen LogP contribution in [-0.2, 0) is 19.1 Å². The Morgan fingerprint density at radius 3 is 2.52 bits per heavy atom. The first kappa shape index (κ1) is 17.6. The van der Waals surface area contributed by atoms with Gasteiger partial charge in [0.1, 0.15) is 12.6 Å². The molecule has 126 valence electrons. The largest absolute Gasteiger partial charge is 0.466 e. The number of rotatable bonds is 4. The maximum absolute atomic E-state index is 12.5. The normalized spacial score (nSPS) is 38.4. The minimum absolute atomic E-state index is 0.0178. The third-order valence-electron chi connectivity index (χ3n) is 5.52. The van der Waals surface area contributed by atoms with E-state index in [9.17, 15) is 14.4 Å². The van der Waals surface area contributed by atoms with Crippen LogP contribution in [0.4, 0.5) is 0 Å². The topological polar surface area (TPSA) is 60.4 Å². The van der Waals surface area contributed by atoms with Crippen molar-refractivity contribution in [1.82, 2.24) is 0 Å². The van der Waals surface area contributed by atoms with Crippen LogP contribution in [0.25, 0.3) is 0 Å². The van der Waals surface area contributed by atoms with Crippen LogP contribution in [0.2, 0.25) is 0 Å². The highest BCUT2D eigenvalue weighted by Gasteiger charge is 2.48. The summed E-state index contributed by atoms with van der Waals surface area (Å²) in [5, 5.41) is 0. The second-order valence-electron chi connectivity index (χ2n) is 6.67. The number of hydrogen-bond donors (Lipinski definition) is 0. The second-order valence-corrected chi connectivity index (χ2v) is 6.67. The van der Waals surface area contributed by atoms with Gasteiger partial charge >= 0.3 is 5.97 Å². The predicted molar refractivity (Wildman–Crippen MR) is 87.5 cm³/mol. The van der Waals surface area contributed by atoms with Crippen LogP contribution in [-0.4, -0.2) is 25.1 Å². The van der Waals surface area contributed by atoms with E-state index >= 15 is 0 Å². The maximum atomic E-state index is 12.5. The molecule has 6 atom stereocenters. The first-order valence-corrected chi connectivity index (χ1v) is 8.45. The van der Waals surface area contributed by atoms with E-state index in [1.165, 1.54) is 0 Å². The van der Waals surface area contributed by atoms with Crippen molar-refractivity contribution < 1.29 is 19.1 Å². The number of fused-ring (bicyclic) bond motifs is 1. The molecule has 0 aromatic carbocycles. The highest BCUT2D eigenvalue weighted by Crippen LogP contribution is 2.50. The van der Waals surface area contributed by atoms with Gasteiger partial charge in [-0.25, -0.2) is 0 Å². The molecule has 0 aromatic rings. The molecular formula is C19H26O4. The lowest BCUT2D eigenvalue weighted by molar-refractivity contribution is -0.151. The van der Waals surface area contributed by atoms with Crippen LogP contribution < -0.4 is 0 Å². The van der Waals surface area contributed by atoms with E-state index in [1.807, 2.05) is 26.8 Å². The molecule has 0 radical (unpaired) electrons. The van der Waals surface area contributed by atoms with Crippen molar-refractivity contribution in [2.75, 3.05) is 6.61 Å². The molecule has 0 amide bonds. The molecule has 2 aliphatic carbocycles. The van der Waals surface area contributed by atoms with Gasteiger partial charge in [-0.3, -0.25) is 4.79 Å². The average Bonchev–Trinajstić information content (AvgIpc) is 2.54. The lowest BCUT2D eigenvalue weighted by atomic mass is 9.58. The Morgan fingerprint density at radius 2 is 2.00 bits per heavy atom. The second kappa shape index (κ2) is 7.24. The van der Waals surface area contributed by atoms with Crippen LogP contribution in [0.1, 0.15) is 34.1 Å². The number of ether oxygens (including phenoxy) is 1. The van der Waals surface area contributed by atoms with Crippen molar-refractivity contribution in [3.8, 4) is 0 Å². The van der Waals surface area contributed by atoms with E-state index in [4.69, 9.17) is 4.74 Å². The zero-order chi connectivity index (χ0) is 17.1. The zero-order valence-electron chi connectivity index (χ0n) is 14.3. The smallest absolute Gasteiger partial charge is 0.314 e. The zero-order valence-corrected chi connectivity index (χ0v) is 14.3. The van der Waals surface area contributed by atoms with E-state index < -0.39 is 11.8 Å². The summed E-state index contributed by atoms with van der Waals surface area (Å²) >= 11 is 0. The summed E-state index contributed by atoms with van der Waals surface area (Å²) in [5.74, 6) is -0.959. The molecule has 0 spiro atoms. The van der Waals surface area contributed by atoms with Gasteiger partial charge in [-0.1, -0.05) is 26.0 Å². The van der Waals surface area contributed by atoms with Crippen LogP contribution in [0.3, 0.4) is 0 Å². The maximum Gasteiger partial charge on any atom is 0.314 e. The molecule has 4 nitrogen and oxygen atoms in total. The number of aldehydes is 2. The van der Waals surface area contributed by atoms with Crippen molar-refractivity contribution in [2.45, 2.75) is 34.1 Å².